The number of halogens is 4. The number of alkyl halides is 3. The molecule has 1 saturated heterocycles. The van der Waals surface area contributed by atoms with Crippen LogP contribution in [0.2, 0.25) is 5.02 Å². The van der Waals surface area contributed by atoms with E-state index in [1.807, 2.05) is 24.3 Å². The fraction of sp³-hybridized carbons (Fsp3) is 0.217. The predicted molar refractivity (Wildman–Crippen MR) is 109 cm³/mol. The standard InChI is InChI=1S/C23H19ClF3NO/c24-18-6-10-20(11-7-18)29-21-12-8-19(9-13-21)28-14-2-5-22(28)16-3-1-4-17(15-16)23(25,26)27/h1,3-4,6-13,15,22H,2,5,14H2. The molecule has 1 aliphatic rings. The first-order valence-electron chi connectivity index (χ1n) is 9.37. The molecule has 1 atom stereocenters. The highest BCUT2D eigenvalue weighted by atomic mass is 35.5. The molecule has 0 saturated carbocycles. The van der Waals surface area contributed by atoms with Crippen LogP contribution in [0.5, 0.6) is 11.5 Å². The maximum Gasteiger partial charge on any atom is 0.416 e. The van der Waals surface area contributed by atoms with Crippen molar-refractivity contribution in [2.75, 3.05) is 11.4 Å². The van der Waals surface area contributed by atoms with Gasteiger partial charge in [0.25, 0.3) is 0 Å². The topological polar surface area (TPSA) is 12.5 Å². The molecule has 0 aromatic heterocycles. The van der Waals surface area contributed by atoms with E-state index in [-0.39, 0.29) is 6.04 Å². The summed E-state index contributed by atoms with van der Waals surface area (Å²) in [7, 11) is 0. The number of hydrogen-bond acceptors (Lipinski definition) is 2. The molecule has 0 aliphatic carbocycles. The molecule has 29 heavy (non-hydrogen) atoms. The van der Waals surface area contributed by atoms with Gasteiger partial charge in [0, 0.05) is 17.3 Å². The van der Waals surface area contributed by atoms with Crippen LogP contribution >= 0.6 is 11.6 Å². The van der Waals surface area contributed by atoms with E-state index in [9.17, 15) is 13.2 Å². The van der Waals surface area contributed by atoms with E-state index < -0.39 is 11.7 Å². The second kappa shape index (κ2) is 7.99. The van der Waals surface area contributed by atoms with Crippen molar-refractivity contribution < 1.29 is 17.9 Å². The maximum atomic E-state index is 13.1. The Balaban J connectivity index is 1.52. The minimum Gasteiger partial charge on any atom is -0.457 e. The van der Waals surface area contributed by atoms with Crippen LogP contribution in [0.3, 0.4) is 0 Å². The van der Waals surface area contributed by atoms with Gasteiger partial charge in [-0.2, -0.15) is 13.2 Å². The first kappa shape index (κ1) is 19.6. The van der Waals surface area contributed by atoms with E-state index in [4.69, 9.17) is 16.3 Å². The van der Waals surface area contributed by atoms with Crippen LogP contribution in [0.25, 0.3) is 0 Å². The van der Waals surface area contributed by atoms with Gasteiger partial charge in [-0.05, 0) is 79.1 Å². The zero-order chi connectivity index (χ0) is 20.4. The summed E-state index contributed by atoms with van der Waals surface area (Å²) in [6.45, 7) is 0.804. The van der Waals surface area contributed by atoms with Crippen molar-refractivity contribution >= 4 is 17.3 Å². The highest BCUT2D eigenvalue weighted by Gasteiger charge is 2.32. The zero-order valence-electron chi connectivity index (χ0n) is 15.5. The molecule has 6 heteroatoms. The highest BCUT2D eigenvalue weighted by Crippen LogP contribution is 2.39. The number of ether oxygens (including phenoxy) is 1. The van der Waals surface area contributed by atoms with Gasteiger partial charge in [-0.3, -0.25) is 0 Å². The molecular formula is C23H19ClF3NO. The van der Waals surface area contributed by atoms with Gasteiger partial charge in [-0.25, -0.2) is 0 Å². The Hall–Kier alpha value is -2.66. The maximum absolute atomic E-state index is 13.1. The average Bonchev–Trinajstić information content (AvgIpc) is 3.20. The van der Waals surface area contributed by atoms with Gasteiger partial charge >= 0.3 is 6.18 Å². The fourth-order valence-corrected chi connectivity index (χ4v) is 3.81. The third kappa shape index (κ3) is 4.51. The Morgan fingerprint density at radius 3 is 2.21 bits per heavy atom. The lowest BCUT2D eigenvalue weighted by Gasteiger charge is -2.28. The quantitative estimate of drug-likeness (QED) is 0.436. The average molecular weight is 418 g/mol. The zero-order valence-corrected chi connectivity index (χ0v) is 16.3. The van der Waals surface area contributed by atoms with Crippen LogP contribution in [-0.4, -0.2) is 6.54 Å². The summed E-state index contributed by atoms with van der Waals surface area (Å²) in [6, 6.07) is 20.3. The molecule has 2 nitrogen and oxygen atoms in total. The van der Waals surface area contributed by atoms with Crippen molar-refractivity contribution in [3.8, 4) is 11.5 Å². The molecule has 0 N–H and O–H groups in total. The lowest BCUT2D eigenvalue weighted by Crippen LogP contribution is -2.22. The first-order chi connectivity index (χ1) is 13.9. The molecule has 3 aromatic carbocycles. The molecule has 1 fully saturated rings. The number of hydrogen-bond donors (Lipinski definition) is 0. The van der Waals surface area contributed by atoms with Crippen molar-refractivity contribution in [3.63, 3.8) is 0 Å². The summed E-state index contributed by atoms with van der Waals surface area (Å²) in [6.07, 6.45) is -2.58. The Morgan fingerprint density at radius 2 is 1.55 bits per heavy atom. The molecule has 150 valence electrons. The second-order valence-corrected chi connectivity index (χ2v) is 7.46. The molecule has 1 unspecified atom stereocenters. The normalized spacial score (nSPS) is 16.8. The van der Waals surface area contributed by atoms with Crippen molar-refractivity contribution in [3.05, 3.63) is 88.9 Å². The van der Waals surface area contributed by atoms with E-state index >= 15 is 0 Å². The predicted octanol–water partition coefficient (Wildman–Crippen LogP) is 7.49. The van der Waals surface area contributed by atoms with Gasteiger partial charge < -0.3 is 9.64 Å². The van der Waals surface area contributed by atoms with E-state index in [1.165, 1.54) is 12.1 Å². The lowest BCUT2D eigenvalue weighted by molar-refractivity contribution is -0.137. The van der Waals surface area contributed by atoms with Crippen LogP contribution in [0, 0.1) is 0 Å². The minimum absolute atomic E-state index is 0.0691. The van der Waals surface area contributed by atoms with Crippen LogP contribution in [0.15, 0.2) is 72.8 Å². The van der Waals surface area contributed by atoms with E-state index in [0.717, 1.165) is 31.1 Å². The summed E-state index contributed by atoms with van der Waals surface area (Å²) in [5.74, 6) is 1.37. The van der Waals surface area contributed by atoms with Crippen LogP contribution < -0.4 is 9.64 Å². The molecular weight excluding hydrogens is 399 g/mol. The lowest BCUT2D eigenvalue weighted by atomic mass is 10.0. The van der Waals surface area contributed by atoms with E-state index in [2.05, 4.69) is 4.90 Å². The number of anilines is 1. The van der Waals surface area contributed by atoms with Gasteiger partial charge in [0.15, 0.2) is 0 Å². The highest BCUT2D eigenvalue weighted by molar-refractivity contribution is 6.30. The summed E-state index contributed by atoms with van der Waals surface area (Å²) < 4.78 is 45.1. The monoisotopic (exact) mass is 417 g/mol. The van der Waals surface area contributed by atoms with Crippen LogP contribution in [0.4, 0.5) is 18.9 Å². The Bertz CT molecular complexity index is 971. The summed E-state index contributed by atoms with van der Waals surface area (Å²) in [5, 5.41) is 0.641. The molecule has 1 heterocycles. The van der Waals surface area contributed by atoms with Gasteiger partial charge in [-0.1, -0.05) is 23.7 Å². The number of nitrogens with zero attached hydrogens (tertiary/aromatic N) is 1. The molecule has 4 rings (SSSR count). The minimum atomic E-state index is -4.33. The summed E-state index contributed by atoms with van der Waals surface area (Å²) >= 11 is 5.88. The van der Waals surface area contributed by atoms with Crippen molar-refractivity contribution in [2.24, 2.45) is 0 Å². The van der Waals surface area contributed by atoms with Crippen molar-refractivity contribution in [1.29, 1.82) is 0 Å². The summed E-state index contributed by atoms with van der Waals surface area (Å²) in [4.78, 5) is 2.15. The Labute approximate surface area is 172 Å². The SMILES string of the molecule is FC(F)(F)c1cccc(C2CCCN2c2ccc(Oc3ccc(Cl)cc3)cc2)c1. The molecule has 0 spiro atoms. The molecule has 0 bridgehead atoms. The van der Waals surface area contributed by atoms with E-state index in [1.54, 1.807) is 30.3 Å². The second-order valence-electron chi connectivity index (χ2n) is 7.02. The van der Waals surface area contributed by atoms with Crippen molar-refractivity contribution in [2.45, 2.75) is 25.1 Å². The van der Waals surface area contributed by atoms with E-state index in [0.29, 0.717) is 22.1 Å². The Morgan fingerprint density at radius 1 is 0.897 bits per heavy atom. The Kier molecular flexibility index (Phi) is 5.41. The van der Waals surface area contributed by atoms with Gasteiger partial charge in [-0.15, -0.1) is 0 Å². The largest absolute Gasteiger partial charge is 0.457 e. The number of rotatable bonds is 4. The molecule has 1 aliphatic heterocycles. The third-order valence-corrected chi connectivity index (χ3v) is 5.32. The van der Waals surface area contributed by atoms with Crippen molar-refractivity contribution in [1.82, 2.24) is 0 Å². The van der Waals surface area contributed by atoms with Gasteiger partial charge in [0.2, 0.25) is 0 Å². The first-order valence-corrected chi connectivity index (χ1v) is 9.75. The summed E-state index contributed by atoms with van der Waals surface area (Å²) in [5.41, 5.74) is 1.06. The molecule has 3 aromatic rings. The smallest absolute Gasteiger partial charge is 0.416 e. The van der Waals surface area contributed by atoms with Crippen LogP contribution in [-0.2, 0) is 6.18 Å². The van der Waals surface area contributed by atoms with Gasteiger partial charge in [0.05, 0.1) is 11.6 Å². The number of benzene rings is 3. The molecule has 0 amide bonds. The molecule has 0 radical (unpaired) electrons. The van der Waals surface area contributed by atoms with Crippen LogP contribution in [0.1, 0.15) is 30.0 Å². The fourth-order valence-electron chi connectivity index (χ4n) is 3.69. The third-order valence-electron chi connectivity index (χ3n) is 5.07. The van der Waals surface area contributed by atoms with Gasteiger partial charge in [0.1, 0.15) is 11.5 Å².